The predicted octanol–water partition coefficient (Wildman–Crippen LogP) is 1.86. The van der Waals surface area contributed by atoms with Crippen molar-refractivity contribution >= 4 is 0 Å². The summed E-state index contributed by atoms with van der Waals surface area (Å²) in [6.07, 6.45) is -2.27. The normalized spacial score (nSPS) is 21.4. The van der Waals surface area contributed by atoms with E-state index in [-0.39, 0.29) is 19.4 Å². The minimum Gasteiger partial charge on any atom is -0.300 e. The van der Waals surface area contributed by atoms with Gasteiger partial charge < -0.3 is 5.32 Å². The van der Waals surface area contributed by atoms with Gasteiger partial charge >= 0.3 is 6.18 Å². The van der Waals surface area contributed by atoms with Gasteiger partial charge in [-0.2, -0.15) is 13.2 Å². The molecule has 0 bridgehead atoms. The second kappa shape index (κ2) is 2.52. The second-order valence-corrected chi connectivity index (χ2v) is 2.75. The molecule has 0 atom stereocenters. The summed E-state index contributed by atoms with van der Waals surface area (Å²) in [7, 11) is 0. The first-order valence-corrected chi connectivity index (χ1v) is 3.44. The summed E-state index contributed by atoms with van der Waals surface area (Å²) < 4.78 is 36.4. The quantitative estimate of drug-likeness (QED) is 0.629. The SMILES string of the molecule is C=CCNC1(C(F)(F)F)CC1. The molecule has 0 aromatic rings. The largest absolute Gasteiger partial charge is 0.406 e. The lowest BCUT2D eigenvalue weighted by Crippen LogP contribution is -2.44. The molecule has 0 aromatic heterocycles. The lowest BCUT2D eigenvalue weighted by atomic mass is 10.2. The molecule has 0 radical (unpaired) electrons. The molecule has 0 spiro atoms. The zero-order valence-electron chi connectivity index (χ0n) is 6.04. The fourth-order valence-corrected chi connectivity index (χ4v) is 0.953. The predicted molar refractivity (Wildman–Crippen MR) is 36.2 cm³/mol. The summed E-state index contributed by atoms with van der Waals surface area (Å²) in [6, 6.07) is 0. The van der Waals surface area contributed by atoms with Crippen molar-refractivity contribution in [2.45, 2.75) is 24.6 Å². The summed E-state index contributed by atoms with van der Waals surface area (Å²) >= 11 is 0. The van der Waals surface area contributed by atoms with Crippen molar-refractivity contribution in [1.82, 2.24) is 5.32 Å². The van der Waals surface area contributed by atoms with Gasteiger partial charge in [0.1, 0.15) is 5.54 Å². The molecule has 0 aromatic carbocycles. The van der Waals surface area contributed by atoms with Crippen LogP contribution in [-0.4, -0.2) is 18.3 Å². The zero-order valence-corrected chi connectivity index (χ0v) is 6.04. The lowest BCUT2D eigenvalue weighted by Gasteiger charge is -2.19. The number of hydrogen-bond acceptors (Lipinski definition) is 1. The van der Waals surface area contributed by atoms with Crippen molar-refractivity contribution in [2.75, 3.05) is 6.54 Å². The first-order valence-electron chi connectivity index (χ1n) is 3.44. The molecule has 1 nitrogen and oxygen atoms in total. The molecule has 0 unspecified atom stereocenters. The van der Waals surface area contributed by atoms with E-state index in [0.29, 0.717) is 0 Å². The Hall–Kier alpha value is -0.510. The maximum Gasteiger partial charge on any atom is 0.406 e. The van der Waals surface area contributed by atoms with Crippen LogP contribution >= 0.6 is 0 Å². The van der Waals surface area contributed by atoms with E-state index < -0.39 is 11.7 Å². The highest BCUT2D eigenvalue weighted by atomic mass is 19.4. The number of rotatable bonds is 3. The monoisotopic (exact) mass is 165 g/mol. The van der Waals surface area contributed by atoms with Crippen molar-refractivity contribution < 1.29 is 13.2 Å². The first-order chi connectivity index (χ1) is 5.02. The molecule has 0 aliphatic heterocycles. The van der Waals surface area contributed by atoms with E-state index in [4.69, 9.17) is 0 Å². The van der Waals surface area contributed by atoms with E-state index in [0.717, 1.165) is 0 Å². The number of nitrogens with one attached hydrogen (secondary N) is 1. The van der Waals surface area contributed by atoms with E-state index in [2.05, 4.69) is 11.9 Å². The molecular weight excluding hydrogens is 155 g/mol. The standard InChI is InChI=1S/C7H10F3N/c1-2-5-11-6(3-4-6)7(8,9)10/h2,11H,1,3-5H2. The molecule has 0 heterocycles. The third-order valence-electron chi connectivity index (χ3n) is 1.88. The van der Waals surface area contributed by atoms with Crippen molar-refractivity contribution in [3.05, 3.63) is 12.7 Å². The van der Waals surface area contributed by atoms with Crippen molar-refractivity contribution in [3.8, 4) is 0 Å². The molecule has 4 heteroatoms. The fourth-order valence-electron chi connectivity index (χ4n) is 0.953. The molecule has 0 saturated heterocycles. The summed E-state index contributed by atoms with van der Waals surface area (Å²) in [6.45, 7) is 3.57. The average Bonchev–Trinajstić information content (AvgIpc) is 2.61. The third-order valence-corrected chi connectivity index (χ3v) is 1.88. The van der Waals surface area contributed by atoms with E-state index in [9.17, 15) is 13.2 Å². The van der Waals surface area contributed by atoms with Gasteiger partial charge in [-0.05, 0) is 12.8 Å². The van der Waals surface area contributed by atoms with Crippen LogP contribution in [0.4, 0.5) is 13.2 Å². The highest BCUT2D eigenvalue weighted by Crippen LogP contribution is 2.48. The Morgan fingerprint density at radius 1 is 1.45 bits per heavy atom. The topological polar surface area (TPSA) is 12.0 Å². The van der Waals surface area contributed by atoms with Gasteiger partial charge in [0.15, 0.2) is 0 Å². The average molecular weight is 165 g/mol. The van der Waals surface area contributed by atoms with Gasteiger partial charge in [-0.1, -0.05) is 6.08 Å². The molecule has 1 fully saturated rings. The second-order valence-electron chi connectivity index (χ2n) is 2.75. The molecule has 1 saturated carbocycles. The van der Waals surface area contributed by atoms with Gasteiger partial charge in [-0.25, -0.2) is 0 Å². The molecule has 11 heavy (non-hydrogen) atoms. The molecule has 64 valence electrons. The molecule has 1 aliphatic carbocycles. The van der Waals surface area contributed by atoms with Crippen molar-refractivity contribution in [2.24, 2.45) is 0 Å². The Morgan fingerprint density at radius 2 is 2.00 bits per heavy atom. The van der Waals surface area contributed by atoms with Crippen LogP contribution in [0.3, 0.4) is 0 Å². The minimum atomic E-state index is -4.10. The summed E-state index contributed by atoms with van der Waals surface area (Å²) in [4.78, 5) is 0. The molecule has 1 N–H and O–H groups in total. The summed E-state index contributed by atoms with van der Waals surface area (Å²) in [5.74, 6) is 0. The highest BCUT2D eigenvalue weighted by Gasteiger charge is 2.62. The highest BCUT2D eigenvalue weighted by molar-refractivity contribution is 5.08. The minimum absolute atomic E-state index is 0.199. The number of halogens is 3. The maximum atomic E-state index is 12.1. The third kappa shape index (κ3) is 1.56. The smallest absolute Gasteiger partial charge is 0.300 e. The van der Waals surface area contributed by atoms with Crippen LogP contribution < -0.4 is 5.32 Å². The molecule has 0 amide bonds. The van der Waals surface area contributed by atoms with E-state index in [1.165, 1.54) is 6.08 Å². The Balaban J connectivity index is 2.47. The molecular formula is C7H10F3N. The van der Waals surface area contributed by atoms with Crippen LogP contribution in [0.15, 0.2) is 12.7 Å². The number of hydrogen-bond donors (Lipinski definition) is 1. The van der Waals surface area contributed by atoms with Crippen LogP contribution in [0.1, 0.15) is 12.8 Å². The Bertz CT molecular complexity index is 158. The van der Waals surface area contributed by atoms with E-state index in [1.807, 2.05) is 0 Å². The van der Waals surface area contributed by atoms with Crippen LogP contribution in [0, 0.1) is 0 Å². The maximum absolute atomic E-state index is 12.1. The first kappa shape index (κ1) is 8.59. The van der Waals surface area contributed by atoms with E-state index >= 15 is 0 Å². The number of alkyl halides is 3. The Kier molecular flexibility index (Phi) is 1.96. The van der Waals surface area contributed by atoms with Crippen LogP contribution in [0.2, 0.25) is 0 Å². The van der Waals surface area contributed by atoms with Crippen LogP contribution in [0.5, 0.6) is 0 Å². The van der Waals surface area contributed by atoms with Gasteiger partial charge in [-0.15, -0.1) is 6.58 Å². The fraction of sp³-hybridized carbons (Fsp3) is 0.714. The lowest BCUT2D eigenvalue weighted by molar-refractivity contribution is -0.165. The van der Waals surface area contributed by atoms with Crippen LogP contribution in [-0.2, 0) is 0 Å². The van der Waals surface area contributed by atoms with Crippen molar-refractivity contribution in [3.63, 3.8) is 0 Å². The summed E-state index contributed by atoms with van der Waals surface area (Å²) in [5.41, 5.74) is -1.58. The van der Waals surface area contributed by atoms with Gasteiger partial charge in [-0.3, -0.25) is 0 Å². The van der Waals surface area contributed by atoms with Gasteiger partial charge in [0.05, 0.1) is 0 Å². The van der Waals surface area contributed by atoms with Crippen molar-refractivity contribution in [1.29, 1.82) is 0 Å². The Morgan fingerprint density at radius 3 is 2.27 bits per heavy atom. The zero-order chi connectivity index (χ0) is 8.54. The van der Waals surface area contributed by atoms with Gasteiger partial charge in [0, 0.05) is 6.54 Å². The van der Waals surface area contributed by atoms with Crippen LogP contribution in [0.25, 0.3) is 0 Å². The molecule has 1 rings (SSSR count). The van der Waals surface area contributed by atoms with Gasteiger partial charge in [0.2, 0.25) is 0 Å². The Labute approximate surface area is 63.3 Å². The molecule has 1 aliphatic rings. The summed E-state index contributed by atoms with van der Waals surface area (Å²) in [5, 5.41) is 2.42. The van der Waals surface area contributed by atoms with E-state index in [1.54, 1.807) is 0 Å². The van der Waals surface area contributed by atoms with Gasteiger partial charge in [0.25, 0.3) is 0 Å².